The molecule has 0 bridgehead atoms. The smallest absolute Gasteiger partial charge is 0.217 e. The van der Waals surface area contributed by atoms with Crippen LogP contribution < -0.4 is 18.9 Å². The summed E-state index contributed by atoms with van der Waals surface area (Å²) in [6, 6.07) is 22.0. The van der Waals surface area contributed by atoms with Gasteiger partial charge in [-0.25, -0.2) is 5.01 Å². The van der Waals surface area contributed by atoms with Crippen molar-refractivity contribution in [2.45, 2.75) is 18.7 Å². The largest absolute Gasteiger partial charge is 0.497 e. The molecule has 2 heterocycles. The summed E-state index contributed by atoms with van der Waals surface area (Å²) >= 11 is 0. The lowest BCUT2D eigenvalue weighted by Crippen LogP contribution is -2.33. The van der Waals surface area contributed by atoms with E-state index in [-0.39, 0.29) is 6.04 Å². The van der Waals surface area contributed by atoms with Crippen molar-refractivity contribution in [3.05, 3.63) is 83.4 Å². The van der Waals surface area contributed by atoms with Crippen LogP contribution in [0.2, 0.25) is 0 Å². The van der Waals surface area contributed by atoms with E-state index >= 15 is 0 Å². The van der Waals surface area contributed by atoms with Gasteiger partial charge in [-0.1, -0.05) is 18.2 Å². The molecule has 0 radical (unpaired) electrons. The minimum atomic E-state index is -0.406. The highest BCUT2D eigenvalue weighted by Gasteiger charge is 2.41. The van der Waals surface area contributed by atoms with Gasteiger partial charge in [-0.05, 0) is 48.0 Å². The van der Waals surface area contributed by atoms with Gasteiger partial charge in [0.15, 0.2) is 0 Å². The molecule has 0 fully saturated rings. The first-order valence-electron chi connectivity index (χ1n) is 10.2. The number of hydrogen-bond acceptors (Lipinski definition) is 6. The minimum Gasteiger partial charge on any atom is -0.497 e. The molecular formula is C25H24N2O4. The van der Waals surface area contributed by atoms with E-state index in [0.29, 0.717) is 5.75 Å². The summed E-state index contributed by atoms with van der Waals surface area (Å²) < 4.78 is 22.8. The first-order chi connectivity index (χ1) is 15.2. The fraction of sp³-hybridized carbons (Fsp3) is 0.240. The quantitative estimate of drug-likeness (QED) is 0.589. The average molecular weight is 416 g/mol. The Hall–Kier alpha value is -3.67. The van der Waals surface area contributed by atoms with Gasteiger partial charge in [-0.15, -0.1) is 0 Å². The van der Waals surface area contributed by atoms with Crippen LogP contribution in [-0.4, -0.2) is 32.0 Å². The Morgan fingerprint density at radius 3 is 2.32 bits per heavy atom. The number of benzene rings is 3. The molecular weight excluding hydrogens is 392 g/mol. The number of nitrogens with zero attached hydrogens (tertiary/aromatic N) is 2. The van der Waals surface area contributed by atoms with Crippen molar-refractivity contribution in [1.82, 2.24) is 5.01 Å². The SMILES string of the molecule is COc1ccc(C2=NN3[C@H](C2)c2ccccc2O[C@H]3c2ccc(OC)cc2OC)cc1. The van der Waals surface area contributed by atoms with Crippen LogP contribution in [-0.2, 0) is 0 Å². The van der Waals surface area contributed by atoms with Crippen LogP contribution >= 0.6 is 0 Å². The summed E-state index contributed by atoms with van der Waals surface area (Å²) in [7, 11) is 4.97. The molecule has 6 nitrogen and oxygen atoms in total. The van der Waals surface area contributed by atoms with Crippen molar-refractivity contribution in [3.8, 4) is 23.0 Å². The summed E-state index contributed by atoms with van der Waals surface area (Å²) in [6.07, 6.45) is 0.387. The van der Waals surface area contributed by atoms with Crippen LogP contribution in [0, 0.1) is 0 Å². The third kappa shape index (κ3) is 3.34. The molecule has 0 saturated heterocycles. The van der Waals surface area contributed by atoms with Crippen LogP contribution in [0.15, 0.2) is 71.8 Å². The molecule has 0 spiro atoms. The standard InChI is InChI=1S/C25H24N2O4/c1-28-17-10-8-16(9-11-17)21-15-22-19-6-4-5-7-23(19)31-25(27(22)26-21)20-13-12-18(29-2)14-24(20)30-3/h4-14,22,25H,15H2,1-3H3/t22-,25+/m1/s1. The number of para-hydroxylation sites is 1. The fourth-order valence-electron chi connectivity index (χ4n) is 4.22. The van der Waals surface area contributed by atoms with Crippen molar-refractivity contribution in [2.75, 3.05) is 21.3 Å². The van der Waals surface area contributed by atoms with Gasteiger partial charge in [0, 0.05) is 18.1 Å². The second-order valence-corrected chi connectivity index (χ2v) is 7.49. The molecule has 5 rings (SSSR count). The lowest BCUT2D eigenvalue weighted by molar-refractivity contribution is -0.0203. The molecule has 2 aliphatic heterocycles. The Labute approximate surface area is 181 Å². The zero-order valence-electron chi connectivity index (χ0n) is 17.7. The number of ether oxygens (including phenoxy) is 4. The summed E-state index contributed by atoms with van der Waals surface area (Å²) in [5.41, 5.74) is 4.14. The van der Waals surface area contributed by atoms with Crippen molar-refractivity contribution < 1.29 is 18.9 Å². The van der Waals surface area contributed by atoms with Gasteiger partial charge in [0.1, 0.15) is 23.0 Å². The monoisotopic (exact) mass is 416 g/mol. The molecule has 158 valence electrons. The maximum Gasteiger partial charge on any atom is 0.217 e. The second-order valence-electron chi connectivity index (χ2n) is 7.49. The predicted molar refractivity (Wildman–Crippen MR) is 118 cm³/mol. The molecule has 0 saturated carbocycles. The number of rotatable bonds is 5. The van der Waals surface area contributed by atoms with Gasteiger partial charge in [-0.2, -0.15) is 5.10 Å². The number of methoxy groups -OCH3 is 3. The Kier molecular flexibility index (Phi) is 4.90. The predicted octanol–water partition coefficient (Wildman–Crippen LogP) is 4.95. The van der Waals surface area contributed by atoms with Crippen molar-refractivity contribution in [2.24, 2.45) is 5.10 Å². The molecule has 0 N–H and O–H groups in total. The third-order valence-electron chi connectivity index (χ3n) is 5.83. The number of fused-ring (bicyclic) bond motifs is 3. The highest BCUT2D eigenvalue weighted by molar-refractivity contribution is 6.02. The van der Waals surface area contributed by atoms with Gasteiger partial charge in [0.2, 0.25) is 6.23 Å². The number of hydrazone groups is 1. The summed E-state index contributed by atoms with van der Waals surface area (Å²) in [4.78, 5) is 0. The summed E-state index contributed by atoms with van der Waals surface area (Å²) in [5, 5.41) is 7.06. The van der Waals surface area contributed by atoms with Crippen LogP contribution in [0.25, 0.3) is 0 Å². The normalized spacial score (nSPS) is 19.1. The third-order valence-corrected chi connectivity index (χ3v) is 5.83. The maximum atomic E-state index is 6.45. The minimum absolute atomic E-state index is 0.0823. The molecule has 31 heavy (non-hydrogen) atoms. The van der Waals surface area contributed by atoms with Crippen LogP contribution in [0.5, 0.6) is 23.0 Å². The first kappa shape index (κ1) is 19.3. The highest BCUT2D eigenvalue weighted by Crippen LogP contribution is 2.49. The van der Waals surface area contributed by atoms with Gasteiger partial charge >= 0.3 is 0 Å². The Morgan fingerprint density at radius 1 is 0.839 bits per heavy atom. The zero-order valence-corrected chi connectivity index (χ0v) is 17.7. The van der Waals surface area contributed by atoms with Gasteiger partial charge < -0.3 is 18.9 Å². The van der Waals surface area contributed by atoms with E-state index in [1.165, 1.54) is 0 Å². The van der Waals surface area contributed by atoms with Crippen molar-refractivity contribution in [3.63, 3.8) is 0 Å². The van der Waals surface area contributed by atoms with E-state index < -0.39 is 6.23 Å². The van der Waals surface area contributed by atoms with Crippen LogP contribution in [0.3, 0.4) is 0 Å². The van der Waals surface area contributed by atoms with E-state index in [4.69, 9.17) is 24.0 Å². The van der Waals surface area contributed by atoms with Gasteiger partial charge in [-0.3, -0.25) is 0 Å². The average Bonchev–Trinajstić information content (AvgIpc) is 3.29. The van der Waals surface area contributed by atoms with E-state index in [1.54, 1.807) is 21.3 Å². The summed E-state index contributed by atoms with van der Waals surface area (Å²) in [5.74, 6) is 3.14. The van der Waals surface area contributed by atoms with Crippen molar-refractivity contribution in [1.29, 1.82) is 0 Å². The van der Waals surface area contributed by atoms with E-state index in [1.807, 2.05) is 65.7 Å². The van der Waals surface area contributed by atoms with Gasteiger partial charge in [0.05, 0.1) is 38.6 Å². The van der Waals surface area contributed by atoms with Crippen molar-refractivity contribution >= 4 is 5.71 Å². The molecule has 2 atom stereocenters. The Morgan fingerprint density at radius 2 is 1.58 bits per heavy atom. The molecule has 0 aliphatic carbocycles. The molecule has 0 unspecified atom stereocenters. The zero-order chi connectivity index (χ0) is 21.4. The Bertz CT molecular complexity index is 1130. The van der Waals surface area contributed by atoms with Crippen LogP contribution in [0.1, 0.15) is 35.4 Å². The lowest BCUT2D eigenvalue weighted by atomic mass is 9.96. The van der Waals surface area contributed by atoms with E-state index in [0.717, 1.165) is 46.1 Å². The topological polar surface area (TPSA) is 52.5 Å². The summed E-state index contributed by atoms with van der Waals surface area (Å²) in [6.45, 7) is 0. The van der Waals surface area contributed by atoms with E-state index in [2.05, 4.69) is 6.07 Å². The molecule has 0 aromatic heterocycles. The Balaban J connectivity index is 1.58. The van der Waals surface area contributed by atoms with E-state index in [9.17, 15) is 0 Å². The first-order valence-corrected chi connectivity index (χ1v) is 10.2. The van der Waals surface area contributed by atoms with Crippen LogP contribution in [0.4, 0.5) is 0 Å². The molecule has 2 aliphatic rings. The molecule has 3 aromatic rings. The maximum absolute atomic E-state index is 6.45. The van der Waals surface area contributed by atoms with Gasteiger partial charge in [0.25, 0.3) is 0 Å². The lowest BCUT2D eigenvalue weighted by Gasteiger charge is -2.38. The second kappa shape index (κ2) is 7.87. The molecule has 0 amide bonds. The highest BCUT2D eigenvalue weighted by atomic mass is 16.5. The number of hydrogen-bond donors (Lipinski definition) is 0. The molecule has 6 heteroatoms. The fourth-order valence-corrected chi connectivity index (χ4v) is 4.22. The molecule has 3 aromatic carbocycles.